The van der Waals surface area contributed by atoms with Gasteiger partial charge in [0.15, 0.2) is 11.3 Å². The van der Waals surface area contributed by atoms with Gasteiger partial charge in [-0.05, 0) is 37.7 Å². The molecule has 2 N–H and O–H groups in total. The highest BCUT2D eigenvalue weighted by molar-refractivity contribution is 5.75. The van der Waals surface area contributed by atoms with Crippen LogP contribution in [0.2, 0.25) is 0 Å². The first-order chi connectivity index (χ1) is 17.0. The van der Waals surface area contributed by atoms with Crippen LogP contribution in [0.1, 0.15) is 43.8 Å². The summed E-state index contributed by atoms with van der Waals surface area (Å²) in [5, 5.41) is 35.8. The van der Waals surface area contributed by atoms with Gasteiger partial charge in [-0.2, -0.15) is 10.2 Å². The van der Waals surface area contributed by atoms with Crippen molar-refractivity contribution in [2.45, 2.75) is 44.3 Å². The second-order valence-corrected chi connectivity index (χ2v) is 9.26. The monoisotopic (exact) mass is 485 g/mol. The van der Waals surface area contributed by atoms with E-state index in [1.807, 2.05) is 11.0 Å². The quantitative estimate of drug-likeness (QED) is 0.425. The lowest BCUT2D eigenvalue weighted by atomic mass is 9.87. The summed E-state index contributed by atoms with van der Waals surface area (Å²) in [5.74, 6) is 0.981. The van der Waals surface area contributed by atoms with Gasteiger partial charge in [0.05, 0.1) is 36.3 Å². The molecule has 1 aliphatic carbocycles. The zero-order valence-electron chi connectivity index (χ0n) is 18.8. The van der Waals surface area contributed by atoms with Crippen molar-refractivity contribution in [2.24, 2.45) is 5.92 Å². The zero-order valence-corrected chi connectivity index (χ0v) is 18.8. The molecular weight excluding hydrogens is 460 g/mol. The SMILES string of the molecule is OCC1CCC(n2cc(-n3cc(-c4cnn5ccc(N6CC(O)C6)nc45)nn3)c(C(F)F)n2)CC1. The minimum Gasteiger partial charge on any atom is -0.396 e. The highest BCUT2D eigenvalue weighted by atomic mass is 19.3. The van der Waals surface area contributed by atoms with Crippen LogP contribution in [0.25, 0.3) is 22.6 Å². The maximum absolute atomic E-state index is 13.9. The molecule has 0 spiro atoms. The Morgan fingerprint density at radius 1 is 1.11 bits per heavy atom. The summed E-state index contributed by atoms with van der Waals surface area (Å²) < 4.78 is 32.3. The molecular formula is C22H25F2N9O2. The van der Waals surface area contributed by atoms with Gasteiger partial charge in [-0.3, -0.25) is 4.68 Å². The van der Waals surface area contributed by atoms with Crippen LogP contribution in [0, 0.1) is 5.92 Å². The lowest BCUT2D eigenvalue weighted by Crippen LogP contribution is -2.51. The number of hydrogen-bond acceptors (Lipinski definition) is 8. The summed E-state index contributed by atoms with van der Waals surface area (Å²) >= 11 is 0. The van der Waals surface area contributed by atoms with Gasteiger partial charge in [0.25, 0.3) is 6.43 Å². The van der Waals surface area contributed by atoms with Gasteiger partial charge in [0.2, 0.25) is 0 Å². The zero-order chi connectivity index (χ0) is 24.1. The molecule has 1 aliphatic heterocycles. The Bertz CT molecular complexity index is 1340. The molecule has 2 fully saturated rings. The number of fused-ring (bicyclic) bond motifs is 1. The van der Waals surface area contributed by atoms with Gasteiger partial charge in [-0.25, -0.2) is 23.0 Å². The van der Waals surface area contributed by atoms with E-state index >= 15 is 0 Å². The highest BCUT2D eigenvalue weighted by Crippen LogP contribution is 2.34. The number of aliphatic hydroxyl groups is 2. The number of alkyl halides is 2. The number of rotatable bonds is 6. The Hall–Kier alpha value is -3.45. The number of nitrogens with zero attached hydrogens (tertiary/aromatic N) is 9. The number of aliphatic hydroxyl groups excluding tert-OH is 2. The third kappa shape index (κ3) is 3.93. The molecule has 6 rings (SSSR count). The second kappa shape index (κ2) is 8.64. The van der Waals surface area contributed by atoms with Crippen LogP contribution in [-0.4, -0.2) is 75.4 Å². The van der Waals surface area contributed by atoms with Gasteiger partial charge < -0.3 is 15.1 Å². The Morgan fingerprint density at radius 3 is 2.63 bits per heavy atom. The third-order valence-electron chi connectivity index (χ3n) is 6.95. The number of halogens is 2. The first-order valence-corrected chi connectivity index (χ1v) is 11.7. The largest absolute Gasteiger partial charge is 0.396 e. The maximum Gasteiger partial charge on any atom is 0.284 e. The maximum atomic E-state index is 13.9. The lowest BCUT2D eigenvalue weighted by molar-refractivity contribution is 0.141. The normalized spacial score (nSPS) is 21.2. The minimum absolute atomic E-state index is 0.00862. The molecule has 0 amide bonds. The predicted molar refractivity (Wildman–Crippen MR) is 120 cm³/mol. The third-order valence-corrected chi connectivity index (χ3v) is 6.95. The van der Waals surface area contributed by atoms with Crippen LogP contribution >= 0.6 is 0 Å². The molecule has 184 valence electrons. The second-order valence-electron chi connectivity index (χ2n) is 9.26. The highest BCUT2D eigenvalue weighted by Gasteiger charge is 2.28. The Labute approximate surface area is 198 Å². The minimum atomic E-state index is -2.76. The van der Waals surface area contributed by atoms with Crippen molar-refractivity contribution < 1.29 is 19.0 Å². The number of hydrogen-bond donors (Lipinski definition) is 2. The molecule has 0 unspecified atom stereocenters. The molecule has 0 aromatic carbocycles. The van der Waals surface area contributed by atoms with E-state index in [1.54, 1.807) is 34.0 Å². The average molecular weight is 485 g/mol. The fraction of sp³-hybridized carbons (Fsp3) is 0.500. The van der Waals surface area contributed by atoms with E-state index in [4.69, 9.17) is 0 Å². The summed E-state index contributed by atoms with van der Waals surface area (Å²) in [7, 11) is 0. The van der Waals surface area contributed by atoms with Crippen molar-refractivity contribution in [1.82, 2.24) is 39.4 Å². The fourth-order valence-corrected chi connectivity index (χ4v) is 4.87. The van der Waals surface area contributed by atoms with E-state index in [0.29, 0.717) is 35.8 Å². The van der Waals surface area contributed by atoms with Crippen LogP contribution in [0.15, 0.2) is 30.9 Å². The van der Waals surface area contributed by atoms with Gasteiger partial charge in [0.1, 0.15) is 17.2 Å². The van der Waals surface area contributed by atoms with E-state index in [2.05, 4.69) is 25.5 Å². The molecule has 5 heterocycles. The van der Waals surface area contributed by atoms with Gasteiger partial charge in [-0.15, -0.1) is 5.10 Å². The summed E-state index contributed by atoms with van der Waals surface area (Å²) in [5.41, 5.74) is 1.46. The van der Waals surface area contributed by atoms with E-state index in [9.17, 15) is 19.0 Å². The van der Waals surface area contributed by atoms with Gasteiger partial charge >= 0.3 is 0 Å². The molecule has 11 nitrogen and oxygen atoms in total. The van der Waals surface area contributed by atoms with Crippen molar-refractivity contribution in [3.8, 4) is 16.9 Å². The first kappa shape index (κ1) is 22.0. The molecule has 13 heteroatoms. The van der Waals surface area contributed by atoms with Crippen LogP contribution in [0.4, 0.5) is 14.6 Å². The Morgan fingerprint density at radius 2 is 1.91 bits per heavy atom. The lowest BCUT2D eigenvalue weighted by Gasteiger charge is -2.36. The van der Waals surface area contributed by atoms with Crippen LogP contribution in [0.5, 0.6) is 0 Å². The van der Waals surface area contributed by atoms with E-state index in [1.165, 1.54) is 4.68 Å². The fourth-order valence-electron chi connectivity index (χ4n) is 4.87. The molecule has 2 aliphatic rings. The van der Waals surface area contributed by atoms with Crippen molar-refractivity contribution >= 4 is 11.5 Å². The topological polar surface area (TPSA) is 122 Å². The van der Waals surface area contributed by atoms with Crippen LogP contribution in [0.3, 0.4) is 0 Å². The molecule has 4 aromatic rings. The Balaban J connectivity index is 1.31. The van der Waals surface area contributed by atoms with Crippen molar-refractivity contribution in [3.63, 3.8) is 0 Å². The molecule has 1 saturated carbocycles. The number of β-amino-alcohol motifs (C(OH)–C–C–N with tert-alkyl or cyclic N) is 1. The van der Waals surface area contributed by atoms with E-state index < -0.39 is 6.43 Å². The summed E-state index contributed by atoms with van der Waals surface area (Å²) in [6, 6.07) is 1.83. The first-order valence-electron chi connectivity index (χ1n) is 11.7. The molecule has 35 heavy (non-hydrogen) atoms. The standard InChI is InChI=1S/C22H25F2N9O2/c23-21(24)20-18(11-32(28-20)14-3-1-13(12-34)2-4-14)33-10-17(27-29-33)16-7-25-31-6-5-19(26-22(16)31)30-8-15(35)9-30/h5-7,10-11,13-15,21,34-35H,1-4,8-9,12H2. The number of anilines is 1. The van der Waals surface area contributed by atoms with Gasteiger partial charge in [0, 0.05) is 25.9 Å². The molecule has 1 saturated heterocycles. The van der Waals surface area contributed by atoms with Crippen molar-refractivity contribution in [3.05, 3.63) is 36.5 Å². The van der Waals surface area contributed by atoms with Crippen molar-refractivity contribution in [2.75, 3.05) is 24.6 Å². The average Bonchev–Trinajstić information content (AvgIpc) is 3.59. The molecule has 0 bridgehead atoms. The Kier molecular flexibility index (Phi) is 5.44. The van der Waals surface area contributed by atoms with Gasteiger partial charge in [-0.1, -0.05) is 5.21 Å². The molecule has 4 aromatic heterocycles. The number of aromatic nitrogens is 8. The van der Waals surface area contributed by atoms with E-state index in [-0.39, 0.29) is 36.1 Å². The predicted octanol–water partition coefficient (Wildman–Crippen LogP) is 2.02. The summed E-state index contributed by atoms with van der Waals surface area (Å²) in [4.78, 5) is 6.61. The van der Waals surface area contributed by atoms with Crippen LogP contribution < -0.4 is 4.90 Å². The summed E-state index contributed by atoms with van der Waals surface area (Å²) in [6.07, 6.45) is 6.70. The van der Waals surface area contributed by atoms with Crippen molar-refractivity contribution in [1.29, 1.82) is 0 Å². The van der Waals surface area contributed by atoms with Crippen LogP contribution in [-0.2, 0) is 0 Å². The van der Waals surface area contributed by atoms with E-state index in [0.717, 1.165) is 25.7 Å². The molecule has 0 radical (unpaired) electrons. The molecule has 0 atom stereocenters. The summed E-state index contributed by atoms with van der Waals surface area (Å²) in [6.45, 7) is 1.19. The smallest absolute Gasteiger partial charge is 0.284 e.